The number of benzene rings is 6. The summed E-state index contributed by atoms with van der Waals surface area (Å²) in [6, 6.07) is 47.2. The van der Waals surface area contributed by atoms with E-state index in [0.717, 1.165) is 73.7 Å². The quantitative estimate of drug-likeness (QED) is 0.133. The van der Waals surface area contributed by atoms with Gasteiger partial charge in [-0.15, -0.1) is 22.7 Å². The van der Waals surface area contributed by atoms with Gasteiger partial charge in [0.05, 0.1) is 11.1 Å². The third-order valence-electron chi connectivity index (χ3n) is 10.4. The zero-order valence-electron chi connectivity index (χ0n) is 29.7. The van der Waals surface area contributed by atoms with Crippen molar-refractivity contribution in [3.63, 3.8) is 0 Å². The summed E-state index contributed by atoms with van der Waals surface area (Å²) in [5.41, 5.74) is 4.70. The lowest BCUT2D eigenvalue weighted by atomic mass is 9.85. The van der Waals surface area contributed by atoms with Crippen LogP contribution >= 0.6 is 22.7 Å². The van der Waals surface area contributed by atoms with Crippen molar-refractivity contribution < 1.29 is 8.83 Å². The summed E-state index contributed by atoms with van der Waals surface area (Å²) >= 11 is 3.26. The summed E-state index contributed by atoms with van der Waals surface area (Å²) in [6.45, 7) is 6.63. The lowest BCUT2D eigenvalue weighted by Crippen LogP contribution is -2.10. The predicted molar refractivity (Wildman–Crippen MR) is 227 cm³/mol. The molecule has 0 aliphatic rings. The van der Waals surface area contributed by atoms with Crippen molar-refractivity contribution in [3.8, 4) is 41.8 Å². The molecule has 260 valence electrons. The highest BCUT2D eigenvalue weighted by Gasteiger charge is 2.18. The van der Waals surface area contributed by atoms with E-state index in [1.165, 1.54) is 5.56 Å². The Hall–Kier alpha value is -6.08. The molecule has 10 aromatic rings. The van der Waals surface area contributed by atoms with Crippen molar-refractivity contribution in [1.82, 2.24) is 0 Å². The second kappa shape index (κ2) is 12.2. The fourth-order valence-corrected chi connectivity index (χ4v) is 9.69. The Balaban J connectivity index is 0.999. The molecule has 0 atom stereocenters. The molecule has 0 unspecified atom stereocenters. The topological polar surface area (TPSA) is 60.4 Å². The Morgan fingerprint density at radius 2 is 1.06 bits per heavy atom. The third kappa shape index (κ3) is 5.32. The minimum atomic E-state index is -0.362. The number of fused-ring (bicyclic) bond motifs is 9. The average molecular weight is 737 g/mol. The molecule has 0 N–H and O–H groups in total. The van der Waals surface area contributed by atoms with E-state index in [0.29, 0.717) is 22.3 Å². The normalized spacial score (nSPS) is 12.1. The molecule has 4 heterocycles. The standard InChI is InChI=1S/C48H32O4S2/c1-48(2,3)30-16-17-31-28(24-30)15-18-40-37(31)26-39(47(50)51-40)42-20-22-44(54-42)43-21-19-41(53-43)29-10-8-9-27(23-29)36-25-38-34-13-5-4-11-32(34)33-12-6-7-14-35(33)45(38)52-46(36)49/h4-26H,1-3H3. The first-order valence-corrected chi connectivity index (χ1v) is 19.5. The molecule has 4 nitrogen and oxygen atoms in total. The second-order valence-electron chi connectivity index (χ2n) is 14.8. The van der Waals surface area contributed by atoms with Crippen LogP contribution in [0.5, 0.6) is 0 Å². The van der Waals surface area contributed by atoms with Gasteiger partial charge in [-0.25, -0.2) is 9.59 Å². The Morgan fingerprint density at radius 1 is 0.444 bits per heavy atom. The van der Waals surface area contributed by atoms with E-state index in [-0.39, 0.29) is 16.7 Å². The molecule has 0 saturated carbocycles. The van der Waals surface area contributed by atoms with Crippen molar-refractivity contribution in [3.05, 3.63) is 166 Å². The largest absolute Gasteiger partial charge is 0.422 e. The van der Waals surface area contributed by atoms with Gasteiger partial charge in [0, 0.05) is 35.7 Å². The first kappa shape index (κ1) is 32.6. The van der Waals surface area contributed by atoms with Gasteiger partial charge < -0.3 is 8.83 Å². The molecule has 6 aromatic carbocycles. The van der Waals surface area contributed by atoms with E-state index in [1.54, 1.807) is 22.7 Å². The summed E-state index contributed by atoms with van der Waals surface area (Å²) in [5, 5.41) is 8.20. The van der Waals surface area contributed by atoms with Crippen molar-refractivity contribution in [2.24, 2.45) is 0 Å². The van der Waals surface area contributed by atoms with Crippen molar-refractivity contribution in [2.45, 2.75) is 26.2 Å². The smallest absolute Gasteiger partial charge is 0.345 e. The molecule has 0 radical (unpaired) electrons. The highest BCUT2D eigenvalue weighted by molar-refractivity contribution is 7.25. The van der Waals surface area contributed by atoms with Crippen molar-refractivity contribution >= 4 is 76.9 Å². The predicted octanol–water partition coefficient (Wildman–Crippen LogP) is 13.4. The Morgan fingerprint density at radius 3 is 1.81 bits per heavy atom. The SMILES string of the molecule is CC(C)(C)c1ccc2c(ccc3oc(=O)c(-c4ccc(-c5ccc(-c6cccc(-c7cc8c9ccccc9c9ccccc9c8oc7=O)c6)s5)s4)cc32)c1. The molecule has 54 heavy (non-hydrogen) atoms. The maximum Gasteiger partial charge on any atom is 0.345 e. The lowest BCUT2D eigenvalue weighted by molar-refractivity contribution is 0.564. The van der Waals surface area contributed by atoms with Gasteiger partial charge in [0.1, 0.15) is 11.2 Å². The molecular formula is C48H32O4S2. The number of hydrogen-bond acceptors (Lipinski definition) is 6. The van der Waals surface area contributed by atoms with Crippen LogP contribution < -0.4 is 11.3 Å². The summed E-state index contributed by atoms with van der Waals surface area (Å²) in [6.07, 6.45) is 0. The van der Waals surface area contributed by atoms with Crippen molar-refractivity contribution in [1.29, 1.82) is 0 Å². The fourth-order valence-electron chi connectivity index (χ4n) is 7.59. The molecular weight excluding hydrogens is 705 g/mol. The maximum absolute atomic E-state index is 13.6. The molecule has 6 heteroatoms. The molecule has 0 bridgehead atoms. The summed E-state index contributed by atoms with van der Waals surface area (Å²) < 4.78 is 12.0. The molecule has 0 aliphatic carbocycles. The monoisotopic (exact) mass is 736 g/mol. The van der Waals surface area contributed by atoms with Crippen LogP contribution in [0.3, 0.4) is 0 Å². The number of thiophene rings is 2. The van der Waals surface area contributed by atoms with E-state index in [9.17, 15) is 9.59 Å². The molecule has 0 fully saturated rings. The first-order valence-electron chi connectivity index (χ1n) is 17.9. The van der Waals surface area contributed by atoms with Crippen LogP contribution in [0.2, 0.25) is 0 Å². The Bertz CT molecular complexity index is 3260. The number of rotatable bonds is 4. The van der Waals surface area contributed by atoms with Gasteiger partial charge in [0.25, 0.3) is 0 Å². The third-order valence-corrected chi connectivity index (χ3v) is 12.9. The van der Waals surface area contributed by atoms with E-state index < -0.39 is 0 Å². The first-order chi connectivity index (χ1) is 26.2. The van der Waals surface area contributed by atoms with Gasteiger partial charge in [-0.2, -0.15) is 0 Å². The van der Waals surface area contributed by atoms with Crippen LogP contribution in [0.4, 0.5) is 0 Å². The van der Waals surface area contributed by atoms with E-state index >= 15 is 0 Å². The van der Waals surface area contributed by atoms with Crippen LogP contribution in [0.1, 0.15) is 26.3 Å². The second-order valence-corrected chi connectivity index (χ2v) is 17.0. The summed E-state index contributed by atoms with van der Waals surface area (Å²) in [4.78, 5) is 31.0. The van der Waals surface area contributed by atoms with Crippen LogP contribution in [0.25, 0.3) is 96.0 Å². The van der Waals surface area contributed by atoms with Gasteiger partial charge in [0.15, 0.2) is 0 Å². The zero-order valence-corrected chi connectivity index (χ0v) is 31.4. The highest BCUT2D eigenvalue weighted by atomic mass is 32.1. The van der Waals surface area contributed by atoms with Gasteiger partial charge in [-0.1, -0.05) is 112 Å². The van der Waals surface area contributed by atoms with Crippen molar-refractivity contribution in [2.75, 3.05) is 0 Å². The molecule has 0 aliphatic heterocycles. The van der Waals surface area contributed by atoms with Crippen LogP contribution in [0.15, 0.2) is 158 Å². The van der Waals surface area contributed by atoms with Gasteiger partial charge in [-0.3, -0.25) is 0 Å². The summed E-state index contributed by atoms with van der Waals surface area (Å²) in [7, 11) is 0. The minimum Gasteiger partial charge on any atom is -0.422 e. The van der Waals surface area contributed by atoms with Gasteiger partial charge in [-0.05, 0) is 97.6 Å². The molecule has 0 spiro atoms. The molecule has 0 amide bonds. The average Bonchev–Trinajstić information content (AvgIpc) is 3.88. The molecule has 10 rings (SSSR count). The Labute approximate surface area is 318 Å². The van der Waals surface area contributed by atoms with Gasteiger partial charge >= 0.3 is 11.3 Å². The molecule has 0 saturated heterocycles. The van der Waals surface area contributed by atoms with E-state index in [2.05, 4.69) is 87.5 Å². The number of hydrogen-bond donors (Lipinski definition) is 0. The minimum absolute atomic E-state index is 0.0368. The summed E-state index contributed by atoms with van der Waals surface area (Å²) in [5.74, 6) is 0. The highest BCUT2D eigenvalue weighted by Crippen LogP contribution is 2.42. The Kier molecular flexibility index (Phi) is 7.38. The van der Waals surface area contributed by atoms with E-state index in [1.807, 2.05) is 72.8 Å². The van der Waals surface area contributed by atoms with Crippen LogP contribution in [-0.2, 0) is 5.41 Å². The van der Waals surface area contributed by atoms with Crippen LogP contribution in [-0.4, -0.2) is 0 Å². The maximum atomic E-state index is 13.6. The lowest BCUT2D eigenvalue weighted by Gasteiger charge is -2.19. The van der Waals surface area contributed by atoms with Crippen LogP contribution in [0, 0.1) is 0 Å². The van der Waals surface area contributed by atoms with Gasteiger partial charge in [0.2, 0.25) is 0 Å². The zero-order chi connectivity index (χ0) is 36.7. The van der Waals surface area contributed by atoms with E-state index in [4.69, 9.17) is 8.83 Å². The molecule has 4 aromatic heterocycles. The fraction of sp³-hybridized carbons (Fsp3) is 0.0833.